The van der Waals surface area contributed by atoms with Crippen LogP contribution in [0.25, 0.3) is 0 Å². The molecule has 0 aromatic rings. The van der Waals surface area contributed by atoms with Crippen LogP contribution in [0.15, 0.2) is 0 Å². The summed E-state index contributed by atoms with van der Waals surface area (Å²) in [7, 11) is 0. The van der Waals surface area contributed by atoms with Crippen molar-refractivity contribution in [3.8, 4) is 0 Å². The third-order valence-electron chi connectivity index (χ3n) is 4.91. The number of nitrogens with one attached hydrogen (secondary N) is 2. The lowest BCUT2D eigenvalue weighted by molar-refractivity contribution is -0.126. The van der Waals surface area contributed by atoms with Crippen molar-refractivity contribution < 1.29 is 9.59 Å². The van der Waals surface area contributed by atoms with Crippen molar-refractivity contribution in [3.05, 3.63) is 0 Å². The molecule has 2 rings (SSSR count). The molecule has 3 atom stereocenters. The lowest BCUT2D eigenvalue weighted by atomic mass is 10.0. The maximum absolute atomic E-state index is 12.1. The molecule has 3 unspecified atom stereocenters. The Labute approximate surface area is 127 Å². The Morgan fingerprint density at radius 1 is 1.14 bits per heavy atom. The Kier molecular flexibility index (Phi) is 6.03. The Hall–Kier alpha value is -1.10. The van der Waals surface area contributed by atoms with Crippen molar-refractivity contribution in [2.24, 2.45) is 17.6 Å². The van der Waals surface area contributed by atoms with E-state index in [4.69, 9.17) is 5.73 Å². The maximum atomic E-state index is 12.1. The molecular formula is C16H29N3O2. The third-order valence-corrected chi connectivity index (χ3v) is 4.91. The summed E-state index contributed by atoms with van der Waals surface area (Å²) in [5, 5.41) is 6.06. The van der Waals surface area contributed by atoms with E-state index in [-0.39, 0.29) is 29.8 Å². The second-order valence-electron chi connectivity index (χ2n) is 6.70. The van der Waals surface area contributed by atoms with Gasteiger partial charge in [0.15, 0.2) is 0 Å². The molecule has 5 nitrogen and oxygen atoms in total. The number of nitrogens with two attached hydrogens (primary N) is 1. The van der Waals surface area contributed by atoms with Crippen molar-refractivity contribution in [2.75, 3.05) is 6.54 Å². The molecule has 120 valence electrons. The Morgan fingerprint density at radius 2 is 1.86 bits per heavy atom. The van der Waals surface area contributed by atoms with E-state index in [2.05, 4.69) is 10.6 Å². The number of amides is 2. The van der Waals surface area contributed by atoms with Gasteiger partial charge >= 0.3 is 0 Å². The zero-order valence-corrected chi connectivity index (χ0v) is 13.1. The lowest BCUT2D eigenvalue weighted by Gasteiger charge is -2.21. The molecule has 2 saturated carbocycles. The first-order valence-corrected chi connectivity index (χ1v) is 8.40. The van der Waals surface area contributed by atoms with Crippen LogP contribution in [0.2, 0.25) is 0 Å². The third kappa shape index (κ3) is 4.70. The maximum Gasteiger partial charge on any atom is 0.223 e. The van der Waals surface area contributed by atoms with Crippen LogP contribution in [0.3, 0.4) is 0 Å². The first-order chi connectivity index (χ1) is 10.1. The van der Waals surface area contributed by atoms with Gasteiger partial charge in [-0.1, -0.05) is 19.3 Å². The van der Waals surface area contributed by atoms with Gasteiger partial charge in [0.05, 0.1) is 0 Å². The van der Waals surface area contributed by atoms with Gasteiger partial charge in [0.25, 0.3) is 0 Å². The summed E-state index contributed by atoms with van der Waals surface area (Å²) in [6.07, 6.45) is 7.90. The first kappa shape index (κ1) is 16.3. The first-order valence-electron chi connectivity index (χ1n) is 8.40. The monoisotopic (exact) mass is 295 g/mol. The van der Waals surface area contributed by atoms with Gasteiger partial charge in [-0.3, -0.25) is 9.59 Å². The van der Waals surface area contributed by atoms with Gasteiger partial charge in [0.1, 0.15) is 0 Å². The lowest BCUT2D eigenvalue weighted by Crippen LogP contribution is -2.44. The van der Waals surface area contributed by atoms with Crippen molar-refractivity contribution in [1.82, 2.24) is 10.6 Å². The van der Waals surface area contributed by atoms with Gasteiger partial charge < -0.3 is 16.4 Å². The van der Waals surface area contributed by atoms with Crippen LogP contribution in [-0.4, -0.2) is 30.4 Å². The van der Waals surface area contributed by atoms with Gasteiger partial charge in [-0.15, -0.1) is 0 Å². The quantitative estimate of drug-likeness (QED) is 0.691. The molecule has 0 radical (unpaired) electrons. The number of carbonyl (C=O) groups excluding carboxylic acids is 2. The second-order valence-corrected chi connectivity index (χ2v) is 6.70. The highest BCUT2D eigenvalue weighted by Crippen LogP contribution is 2.25. The van der Waals surface area contributed by atoms with E-state index in [0.717, 1.165) is 44.9 Å². The standard InChI is InChI=1S/C16H29N3O2/c1-11(18-16(21)12-5-2-3-6-12)9-15(20)19-14-8-4-7-13(14)10-17/h11-14H,2-10,17H2,1H3,(H,18,21)(H,19,20). The van der Waals surface area contributed by atoms with Crippen LogP contribution < -0.4 is 16.4 Å². The molecule has 0 saturated heterocycles. The summed E-state index contributed by atoms with van der Waals surface area (Å²) in [6, 6.07) is 0.121. The number of hydrogen-bond acceptors (Lipinski definition) is 3. The summed E-state index contributed by atoms with van der Waals surface area (Å²) in [5.74, 6) is 0.720. The molecule has 0 spiro atoms. The van der Waals surface area contributed by atoms with Crippen molar-refractivity contribution in [1.29, 1.82) is 0 Å². The molecule has 0 heterocycles. The molecule has 5 heteroatoms. The van der Waals surface area contributed by atoms with E-state index < -0.39 is 0 Å². The normalized spacial score (nSPS) is 27.5. The molecule has 2 aliphatic rings. The van der Waals surface area contributed by atoms with Gasteiger partial charge in [-0.05, 0) is 45.1 Å². The van der Waals surface area contributed by atoms with E-state index >= 15 is 0 Å². The molecule has 0 bridgehead atoms. The highest BCUT2D eigenvalue weighted by molar-refractivity contribution is 5.81. The molecule has 2 fully saturated rings. The predicted octanol–water partition coefficient (Wildman–Crippen LogP) is 1.32. The zero-order valence-electron chi connectivity index (χ0n) is 13.1. The fourth-order valence-electron chi connectivity index (χ4n) is 3.65. The molecule has 0 aliphatic heterocycles. The van der Waals surface area contributed by atoms with Gasteiger partial charge in [-0.25, -0.2) is 0 Å². The SMILES string of the molecule is CC(CC(=O)NC1CCCC1CN)NC(=O)C1CCCC1. The van der Waals surface area contributed by atoms with Crippen molar-refractivity contribution in [2.45, 2.75) is 70.4 Å². The van der Waals surface area contributed by atoms with Crippen LogP contribution in [-0.2, 0) is 9.59 Å². The largest absolute Gasteiger partial charge is 0.353 e. The highest BCUT2D eigenvalue weighted by Gasteiger charge is 2.28. The Bertz CT molecular complexity index is 367. The molecule has 21 heavy (non-hydrogen) atoms. The molecular weight excluding hydrogens is 266 g/mol. The average molecular weight is 295 g/mol. The van der Waals surface area contributed by atoms with Gasteiger partial charge in [-0.2, -0.15) is 0 Å². The average Bonchev–Trinajstić information content (AvgIpc) is 3.08. The summed E-state index contributed by atoms with van der Waals surface area (Å²) in [4.78, 5) is 24.1. The van der Waals surface area contributed by atoms with Crippen molar-refractivity contribution >= 4 is 11.8 Å². The minimum Gasteiger partial charge on any atom is -0.353 e. The van der Waals surface area contributed by atoms with E-state index in [1.165, 1.54) is 0 Å². The minimum absolute atomic E-state index is 0.0274. The van der Waals surface area contributed by atoms with Crippen LogP contribution in [0.4, 0.5) is 0 Å². The summed E-state index contributed by atoms with van der Waals surface area (Å²) in [5.41, 5.74) is 5.73. The van der Waals surface area contributed by atoms with E-state index in [1.807, 2.05) is 6.92 Å². The smallest absolute Gasteiger partial charge is 0.223 e. The van der Waals surface area contributed by atoms with E-state index in [1.54, 1.807) is 0 Å². The van der Waals surface area contributed by atoms with Crippen LogP contribution >= 0.6 is 0 Å². The van der Waals surface area contributed by atoms with Crippen LogP contribution in [0.5, 0.6) is 0 Å². The van der Waals surface area contributed by atoms with Crippen LogP contribution in [0, 0.1) is 11.8 Å². The minimum atomic E-state index is -0.101. The van der Waals surface area contributed by atoms with Gasteiger partial charge in [0.2, 0.25) is 11.8 Å². The molecule has 0 aromatic heterocycles. The topological polar surface area (TPSA) is 84.2 Å². The number of hydrogen-bond donors (Lipinski definition) is 3. The predicted molar refractivity (Wildman–Crippen MR) is 82.5 cm³/mol. The molecule has 0 aromatic carbocycles. The highest BCUT2D eigenvalue weighted by atomic mass is 16.2. The van der Waals surface area contributed by atoms with E-state index in [9.17, 15) is 9.59 Å². The van der Waals surface area contributed by atoms with Gasteiger partial charge in [0, 0.05) is 24.4 Å². The summed E-state index contributed by atoms with van der Waals surface area (Å²) >= 11 is 0. The fraction of sp³-hybridized carbons (Fsp3) is 0.875. The zero-order chi connectivity index (χ0) is 15.2. The Morgan fingerprint density at radius 3 is 2.52 bits per heavy atom. The molecule has 4 N–H and O–H groups in total. The number of carbonyl (C=O) groups is 2. The van der Waals surface area contributed by atoms with E-state index in [0.29, 0.717) is 18.9 Å². The molecule has 2 aliphatic carbocycles. The Balaban J connectivity index is 1.70. The summed E-state index contributed by atoms with van der Waals surface area (Å²) < 4.78 is 0. The molecule has 2 amide bonds. The second kappa shape index (κ2) is 7.78. The fourth-order valence-corrected chi connectivity index (χ4v) is 3.65. The number of rotatable bonds is 6. The van der Waals surface area contributed by atoms with Crippen molar-refractivity contribution in [3.63, 3.8) is 0 Å². The van der Waals surface area contributed by atoms with Crippen LogP contribution in [0.1, 0.15) is 58.3 Å². The summed E-state index contributed by atoms with van der Waals surface area (Å²) in [6.45, 7) is 2.54.